The number of anilines is 1. The highest BCUT2D eigenvalue weighted by atomic mass is 16.5. The normalized spacial score (nSPS) is 16.1. The molecule has 1 aromatic heterocycles. The zero-order chi connectivity index (χ0) is 19.5. The third-order valence-corrected chi connectivity index (χ3v) is 5.22. The second-order valence-electron chi connectivity index (χ2n) is 6.86. The molecule has 1 aliphatic heterocycles. The molecule has 1 fully saturated rings. The molecule has 0 aliphatic carbocycles. The second-order valence-corrected chi connectivity index (χ2v) is 6.86. The summed E-state index contributed by atoms with van der Waals surface area (Å²) in [5.74, 6) is 2.24. The Labute approximate surface area is 164 Å². The number of para-hydroxylation sites is 2. The lowest BCUT2D eigenvalue weighted by Gasteiger charge is -2.38. The minimum absolute atomic E-state index is 0.0334. The largest absolute Gasteiger partial charge is 0.506 e. The molecule has 3 aromatic rings. The lowest BCUT2D eigenvalue weighted by molar-refractivity contribution is 0.173. The number of aromatic hydroxyl groups is 1. The Morgan fingerprint density at radius 3 is 2.39 bits per heavy atom. The van der Waals surface area contributed by atoms with E-state index in [0.29, 0.717) is 17.5 Å². The Morgan fingerprint density at radius 2 is 1.71 bits per heavy atom. The lowest BCUT2D eigenvalue weighted by Crippen LogP contribution is -2.47. The highest BCUT2D eigenvalue weighted by Crippen LogP contribution is 2.30. The molecule has 1 saturated heterocycles. The first-order chi connectivity index (χ1) is 13.7. The zero-order valence-corrected chi connectivity index (χ0v) is 16.1. The molecule has 1 aliphatic rings. The van der Waals surface area contributed by atoms with Crippen LogP contribution in [0.3, 0.4) is 0 Å². The first-order valence-electron chi connectivity index (χ1n) is 9.40. The fraction of sp³-hybridized carbons (Fsp3) is 0.333. The summed E-state index contributed by atoms with van der Waals surface area (Å²) in [4.78, 5) is 4.52. The number of benzene rings is 2. The Kier molecular flexibility index (Phi) is 5.16. The van der Waals surface area contributed by atoms with Crippen molar-refractivity contribution in [2.24, 2.45) is 0 Å². The monoisotopic (exact) mass is 380 g/mol. The van der Waals surface area contributed by atoms with Crippen LogP contribution in [0.2, 0.25) is 0 Å². The van der Waals surface area contributed by atoms with E-state index in [4.69, 9.17) is 9.15 Å². The second kappa shape index (κ2) is 7.90. The highest BCUT2D eigenvalue weighted by molar-refractivity contribution is 5.58. The molecule has 146 valence electrons. The van der Waals surface area contributed by atoms with Gasteiger partial charge in [-0.3, -0.25) is 4.90 Å². The molecule has 2 aromatic carbocycles. The van der Waals surface area contributed by atoms with Crippen molar-refractivity contribution in [3.05, 3.63) is 54.4 Å². The van der Waals surface area contributed by atoms with Gasteiger partial charge in [-0.2, -0.15) is 0 Å². The Balaban J connectivity index is 1.41. The number of piperazine rings is 1. The van der Waals surface area contributed by atoms with Crippen molar-refractivity contribution in [1.82, 2.24) is 15.1 Å². The average Bonchev–Trinajstić information content (AvgIpc) is 3.24. The molecular weight excluding hydrogens is 356 g/mol. The highest BCUT2D eigenvalue weighted by Gasteiger charge is 2.26. The summed E-state index contributed by atoms with van der Waals surface area (Å²) in [7, 11) is 1.64. The number of rotatable bonds is 5. The summed E-state index contributed by atoms with van der Waals surface area (Å²) in [5.41, 5.74) is 1.76. The molecule has 2 heterocycles. The minimum Gasteiger partial charge on any atom is -0.506 e. The maximum Gasteiger partial charge on any atom is 0.247 e. The van der Waals surface area contributed by atoms with Gasteiger partial charge in [0.15, 0.2) is 0 Å². The van der Waals surface area contributed by atoms with Gasteiger partial charge in [0.25, 0.3) is 0 Å². The SMILES string of the molecule is COc1ccc(-c2nnc([C@@H](C)N3CCN(c4ccccc4O)CC3)o2)cc1. The number of hydrogen-bond donors (Lipinski definition) is 1. The van der Waals surface area contributed by atoms with Gasteiger partial charge in [-0.25, -0.2) is 0 Å². The van der Waals surface area contributed by atoms with E-state index in [1.54, 1.807) is 13.2 Å². The smallest absolute Gasteiger partial charge is 0.247 e. The van der Waals surface area contributed by atoms with E-state index in [9.17, 15) is 5.11 Å². The van der Waals surface area contributed by atoms with Gasteiger partial charge in [0.2, 0.25) is 11.8 Å². The molecule has 0 unspecified atom stereocenters. The molecule has 4 rings (SSSR count). The van der Waals surface area contributed by atoms with Crippen molar-refractivity contribution in [2.45, 2.75) is 13.0 Å². The standard InChI is InChI=1S/C21H24N4O3/c1-15(20-22-23-21(28-20)16-7-9-17(27-2)10-8-16)24-11-13-25(14-12-24)18-5-3-4-6-19(18)26/h3-10,15,26H,11-14H2,1-2H3/t15-/m1/s1. The van der Waals surface area contributed by atoms with E-state index < -0.39 is 0 Å². The van der Waals surface area contributed by atoms with Crippen LogP contribution in [-0.2, 0) is 0 Å². The van der Waals surface area contributed by atoms with E-state index in [1.807, 2.05) is 42.5 Å². The van der Waals surface area contributed by atoms with Crippen LogP contribution in [0.5, 0.6) is 11.5 Å². The minimum atomic E-state index is 0.0334. The van der Waals surface area contributed by atoms with Gasteiger partial charge in [0.05, 0.1) is 18.8 Å². The number of ether oxygens (including phenoxy) is 1. The van der Waals surface area contributed by atoms with Crippen molar-refractivity contribution < 1.29 is 14.3 Å². The summed E-state index contributed by atoms with van der Waals surface area (Å²) in [6.45, 7) is 5.47. The van der Waals surface area contributed by atoms with Crippen LogP contribution in [0.4, 0.5) is 5.69 Å². The lowest BCUT2D eigenvalue weighted by atomic mass is 10.2. The van der Waals surface area contributed by atoms with Crippen molar-refractivity contribution in [2.75, 3.05) is 38.2 Å². The first kappa shape index (κ1) is 18.3. The van der Waals surface area contributed by atoms with E-state index in [1.165, 1.54) is 0 Å². The van der Waals surface area contributed by atoms with Gasteiger partial charge in [-0.05, 0) is 43.3 Å². The number of phenols is 1. The van der Waals surface area contributed by atoms with Gasteiger partial charge in [0.1, 0.15) is 11.5 Å². The van der Waals surface area contributed by atoms with Crippen molar-refractivity contribution in [1.29, 1.82) is 0 Å². The van der Waals surface area contributed by atoms with Crippen LogP contribution in [0.15, 0.2) is 52.9 Å². The van der Waals surface area contributed by atoms with Gasteiger partial charge >= 0.3 is 0 Å². The maximum atomic E-state index is 10.1. The Bertz CT molecular complexity index is 917. The number of hydrogen-bond acceptors (Lipinski definition) is 7. The first-order valence-corrected chi connectivity index (χ1v) is 9.40. The molecule has 1 N–H and O–H groups in total. The van der Waals surface area contributed by atoms with Crippen LogP contribution in [0.25, 0.3) is 11.5 Å². The van der Waals surface area contributed by atoms with E-state index >= 15 is 0 Å². The zero-order valence-electron chi connectivity index (χ0n) is 16.1. The molecule has 1 atom stereocenters. The number of aromatic nitrogens is 2. The van der Waals surface area contributed by atoms with E-state index in [-0.39, 0.29) is 6.04 Å². The van der Waals surface area contributed by atoms with Crippen molar-refractivity contribution >= 4 is 5.69 Å². The van der Waals surface area contributed by atoms with Crippen molar-refractivity contribution in [3.63, 3.8) is 0 Å². The molecule has 7 nitrogen and oxygen atoms in total. The molecule has 0 spiro atoms. The molecule has 0 amide bonds. The third kappa shape index (κ3) is 3.66. The third-order valence-electron chi connectivity index (χ3n) is 5.22. The molecule has 0 radical (unpaired) electrons. The molecule has 0 saturated carbocycles. The van der Waals surface area contributed by atoms with Gasteiger partial charge < -0.3 is 19.2 Å². The number of methoxy groups -OCH3 is 1. The average molecular weight is 380 g/mol. The summed E-state index contributed by atoms with van der Waals surface area (Å²) >= 11 is 0. The van der Waals surface area contributed by atoms with Gasteiger partial charge in [0, 0.05) is 31.7 Å². The van der Waals surface area contributed by atoms with Crippen LogP contribution < -0.4 is 9.64 Å². The summed E-state index contributed by atoms with van der Waals surface area (Å²) < 4.78 is 11.1. The predicted molar refractivity (Wildman–Crippen MR) is 107 cm³/mol. The predicted octanol–water partition coefficient (Wildman–Crippen LogP) is 3.33. The maximum absolute atomic E-state index is 10.1. The fourth-order valence-electron chi connectivity index (χ4n) is 3.49. The summed E-state index contributed by atoms with van der Waals surface area (Å²) in [6, 6.07) is 15.1. The molecular formula is C21H24N4O3. The van der Waals surface area contributed by atoms with Gasteiger partial charge in [-0.1, -0.05) is 12.1 Å². The molecule has 28 heavy (non-hydrogen) atoms. The van der Waals surface area contributed by atoms with E-state index in [0.717, 1.165) is 43.2 Å². The van der Waals surface area contributed by atoms with Gasteiger partial charge in [-0.15, -0.1) is 10.2 Å². The molecule has 7 heteroatoms. The summed E-state index contributed by atoms with van der Waals surface area (Å²) in [5, 5.41) is 18.5. The topological polar surface area (TPSA) is 74.9 Å². The fourth-order valence-corrected chi connectivity index (χ4v) is 3.49. The van der Waals surface area contributed by atoms with Crippen LogP contribution in [0.1, 0.15) is 18.9 Å². The quantitative estimate of drug-likeness (QED) is 0.728. The van der Waals surface area contributed by atoms with Crippen molar-refractivity contribution in [3.8, 4) is 23.0 Å². The number of nitrogens with zero attached hydrogens (tertiary/aromatic N) is 4. The van der Waals surface area contributed by atoms with Crippen LogP contribution in [0, 0.1) is 0 Å². The van der Waals surface area contributed by atoms with E-state index in [2.05, 4.69) is 26.9 Å². The van der Waals surface area contributed by atoms with Crippen LogP contribution >= 0.6 is 0 Å². The summed E-state index contributed by atoms with van der Waals surface area (Å²) in [6.07, 6.45) is 0. The number of phenolic OH excluding ortho intramolecular Hbond substituents is 1. The Hall–Kier alpha value is -3.06. The Morgan fingerprint density at radius 1 is 1.00 bits per heavy atom. The van der Waals surface area contributed by atoms with Crippen LogP contribution in [-0.4, -0.2) is 53.5 Å². The molecule has 0 bridgehead atoms.